The highest BCUT2D eigenvalue weighted by Gasteiger charge is 2.14. The standard InChI is InChI=1S/C17H15Cl3N2O6S/c1-29(26,27)22-12-3-9(2-10(18)4-12)8-28-17-13(19)5-11(6-14(17)20)21-15(23)7-16(24)25/h2-6,22H,7-8H2,1H3,(H,21,23)(H,24,25). The highest BCUT2D eigenvalue weighted by molar-refractivity contribution is 7.92. The molecule has 1 amide bonds. The number of nitrogens with one attached hydrogen (secondary N) is 2. The summed E-state index contributed by atoms with van der Waals surface area (Å²) in [6.07, 6.45) is 0.312. The molecule has 2 rings (SSSR count). The van der Waals surface area contributed by atoms with Gasteiger partial charge in [-0.25, -0.2) is 8.42 Å². The van der Waals surface area contributed by atoms with E-state index in [0.717, 1.165) is 6.26 Å². The van der Waals surface area contributed by atoms with Crippen molar-refractivity contribution in [2.45, 2.75) is 13.0 Å². The highest BCUT2D eigenvalue weighted by atomic mass is 35.5. The van der Waals surface area contributed by atoms with Crippen LogP contribution in [0, 0.1) is 0 Å². The van der Waals surface area contributed by atoms with Crippen molar-refractivity contribution >= 4 is 68.1 Å². The molecule has 0 aromatic heterocycles. The van der Waals surface area contributed by atoms with Crippen LogP contribution in [-0.4, -0.2) is 31.7 Å². The van der Waals surface area contributed by atoms with Gasteiger partial charge in [0.15, 0.2) is 5.75 Å². The first-order valence-corrected chi connectivity index (χ1v) is 10.9. The lowest BCUT2D eigenvalue weighted by molar-refractivity contribution is -0.139. The normalized spacial score (nSPS) is 11.0. The average Bonchev–Trinajstić information content (AvgIpc) is 2.50. The van der Waals surface area contributed by atoms with Gasteiger partial charge in [0.1, 0.15) is 13.0 Å². The summed E-state index contributed by atoms with van der Waals surface area (Å²) in [5.74, 6) is -1.88. The van der Waals surface area contributed by atoms with Crippen LogP contribution in [0.5, 0.6) is 5.75 Å². The van der Waals surface area contributed by atoms with Gasteiger partial charge in [-0.2, -0.15) is 0 Å². The van der Waals surface area contributed by atoms with Gasteiger partial charge in [0.25, 0.3) is 0 Å². The second kappa shape index (κ2) is 9.53. The molecule has 0 aliphatic carbocycles. The van der Waals surface area contributed by atoms with Crippen LogP contribution in [0.25, 0.3) is 0 Å². The predicted molar refractivity (Wildman–Crippen MR) is 112 cm³/mol. The maximum absolute atomic E-state index is 11.5. The molecule has 0 aliphatic heterocycles. The molecule has 0 radical (unpaired) electrons. The number of carbonyl (C=O) groups excluding carboxylic acids is 1. The van der Waals surface area contributed by atoms with Crippen molar-refractivity contribution in [3.63, 3.8) is 0 Å². The number of carboxylic acids is 1. The quantitative estimate of drug-likeness (QED) is 0.490. The molecule has 0 aliphatic rings. The largest absolute Gasteiger partial charge is 0.486 e. The van der Waals surface area contributed by atoms with Gasteiger partial charge in [0.05, 0.1) is 22.0 Å². The lowest BCUT2D eigenvalue weighted by atomic mass is 10.2. The van der Waals surface area contributed by atoms with E-state index in [0.29, 0.717) is 10.6 Å². The molecule has 0 fully saturated rings. The van der Waals surface area contributed by atoms with E-state index in [-0.39, 0.29) is 33.8 Å². The molecule has 156 valence electrons. The number of carboxylic acid groups (broad SMARTS) is 1. The molecule has 0 heterocycles. The van der Waals surface area contributed by atoms with E-state index in [4.69, 9.17) is 44.6 Å². The number of ether oxygens (including phenoxy) is 1. The van der Waals surface area contributed by atoms with Crippen LogP contribution in [0.15, 0.2) is 30.3 Å². The lowest BCUT2D eigenvalue weighted by Crippen LogP contribution is -2.15. The van der Waals surface area contributed by atoms with Gasteiger partial charge >= 0.3 is 5.97 Å². The summed E-state index contributed by atoms with van der Waals surface area (Å²) in [6, 6.07) is 7.28. The SMILES string of the molecule is CS(=O)(=O)Nc1cc(Cl)cc(COc2c(Cl)cc(NC(=O)CC(=O)O)cc2Cl)c1. The summed E-state index contributed by atoms with van der Waals surface area (Å²) in [4.78, 5) is 22.1. The number of rotatable bonds is 8. The molecule has 0 unspecified atom stereocenters. The summed E-state index contributed by atoms with van der Waals surface area (Å²) in [5, 5.41) is 11.4. The Bertz CT molecular complexity index is 1040. The summed E-state index contributed by atoms with van der Waals surface area (Å²) < 4.78 is 30.7. The summed E-state index contributed by atoms with van der Waals surface area (Å²) in [7, 11) is -3.48. The number of sulfonamides is 1. The van der Waals surface area contributed by atoms with E-state index in [1.807, 2.05) is 0 Å². The van der Waals surface area contributed by atoms with Gasteiger partial charge in [0, 0.05) is 10.7 Å². The molecule has 0 saturated carbocycles. The van der Waals surface area contributed by atoms with Crippen molar-refractivity contribution in [1.29, 1.82) is 0 Å². The molecule has 0 atom stereocenters. The minimum atomic E-state index is -3.48. The highest BCUT2D eigenvalue weighted by Crippen LogP contribution is 2.36. The van der Waals surface area contributed by atoms with E-state index < -0.39 is 28.3 Å². The first-order valence-electron chi connectivity index (χ1n) is 7.83. The molecular weight excluding hydrogens is 467 g/mol. The van der Waals surface area contributed by atoms with Crippen LogP contribution in [-0.2, 0) is 26.2 Å². The summed E-state index contributed by atoms with van der Waals surface area (Å²) in [5.41, 5.74) is 1.03. The Labute approximate surface area is 181 Å². The third-order valence-electron chi connectivity index (χ3n) is 3.24. The molecule has 0 bridgehead atoms. The van der Waals surface area contributed by atoms with Gasteiger partial charge in [0.2, 0.25) is 15.9 Å². The van der Waals surface area contributed by atoms with Crippen LogP contribution >= 0.6 is 34.8 Å². The molecular formula is C17H15Cl3N2O6S. The number of anilines is 2. The third kappa shape index (κ3) is 7.62. The van der Waals surface area contributed by atoms with E-state index in [1.165, 1.54) is 24.3 Å². The Kier molecular flexibility index (Phi) is 7.59. The number of benzene rings is 2. The van der Waals surface area contributed by atoms with Gasteiger partial charge in [-0.3, -0.25) is 14.3 Å². The van der Waals surface area contributed by atoms with E-state index in [1.54, 1.807) is 6.07 Å². The zero-order chi connectivity index (χ0) is 21.8. The van der Waals surface area contributed by atoms with Crippen molar-refractivity contribution in [2.24, 2.45) is 0 Å². The molecule has 29 heavy (non-hydrogen) atoms. The van der Waals surface area contributed by atoms with Gasteiger partial charge in [-0.05, 0) is 35.9 Å². The van der Waals surface area contributed by atoms with Crippen molar-refractivity contribution in [3.8, 4) is 5.75 Å². The number of amides is 1. The summed E-state index contributed by atoms with van der Waals surface area (Å²) >= 11 is 18.3. The van der Waals surface area contributed by atoms with Crippen molar-refractivity contribution in [1.82, 2.24) is 0 Å². The fraction of sp³-hybridized carbons (Fsp3) is 0.176. The Balaban J connectivity index is 2.15. The number of hydrogen-bond donors (Lipinski definition) is 3. The number of carbonyl (C=O) groups is 2. The van der Waals surface area contributed by atoms with Crippen LogP contribution in [0.4, 0.5) is 11.4 Å². The van der Waals surface area contributed by atoms with Crippen LogP contribution in [0.2, 0.25) is 15.1 Å². The lowest BCUT2D eigenvalue weighted by Gasteiger charge is -2.13. The Hall–Kier alpha value is -2.20. The van der Waals surface area contributed by atoms with Crippen molar-refractivity contribution in [2.75, 3.05) is 16.3 Å². The zero-order valence-electron chi connectivity index (χ0n) is 14.8. The first kappa shape index (κ1) is 23.1. The Morgan fingerprint density at radius 3 is 2.21 bits per heavy atom. The molecule has 8 nitrogen and oxygen atoms in total. The number of aliphatic carboxylic acids is 1. The van der Waals surface area contributed by atoms with Gasteiger partial charge < -0.3 is 15.2 Å². The Morgan fingerprint density at radius 1 is 1.03 bits per heavy atom. The number of halogens is 3. The maximum atomic E-state index is 11.5. The van der Waals surface area contributed by atoms with E-state index in [9.17, 15) is 18.0 Å². The van der Waals surface area contributed by atoms with Gasteiger partial charge in [-0.15, -0.1) is 0 Å². The van der Waals surface area contributed by atoms with Crippen LogP contribution < -0.4 is 14.8 Å². The van der Waals surface area contributed by atoms with Crippen molar-refractivity contribution in [3.05, 3.63) is 51.0 Å². The molecule has 2 aromatic carbocycles. The zero-order valence-corrected chi connectivity index (χ0v) is 17.9. The maximum Gasteiger partial charge on any atom is 0.312 e. The van der Waals surface area contributed by atoms with Crippen molar-refractivity contribution < 1.29 is 27.9 Å². The second-order valence-corrected chi connectivity index (χ2v) is 8.90. The second-order valence-electron chi connectivity index (χ2n) is 5.90. The first-order chi connectivity index (χ1) is 13.4. The Morgan fingerprint density at radius 2 is 1.66 bits per heavy atom. The molecule has 0 saturated heterocycles. The fourth-order valence-corrected chi connectivity index (χ4v) is 3.67. The number of hydrogen-bond acceptors (Lipinski definition) is 5. The fourth-order valence-electron chi connectivity index (χ4n) is 2.27. The monoisotopic (exact) mass is 480 g/mol. The molecule has 3 N–H and O–H groups in total. The van der Waals surface area contributed by atoms with E-state index >= 15 is 0 Å². The van der Waals surface area contributed by atoms with Gasteiger partial charge in [-0.1, -0.05) is 34.8 Å². The van der Waals surface area contributed by atoms with E-state index in [2.05, 4.69) is 10.0 Å². The average molecular weight is 482 g/mol. The molecule has 2 aromatic rings. The topological polar surface area (TPSA) is 122 Å². The molecule has 0 spiro atoms. The van der Waals surface area contributed by atoms with Crippen LogP contribution in [0.1, 0.15) is 12.0 Å². The third-order valence-corrected chi connectivity index (χ3v) is 4.62. The smallest absolute Gasteiger partial charge is 0.312 e. The minimum Gasteiger partial charge on any atom is -0.486 e. The molecule has 12 heteroatoms. The predicted octanol–water partition coefficient (Wildman–Crippen LogP) is 4.01. The van der Waals surface area contributed by atoms with Crippen LogP contribution in [0.3, 0.4) is 0 Å². The summed E-state index contributed by atoms with van der Waals surface area (Å²) in [6.45, 7) is -0.0246. The minimum absolute atomic E-state index is 0.0246.